The number of phenols is 1. The van der Waals surface area contributed by atoms with Crippen molar-refractivity contribution in [2.75, 3.05) is 0 Å². The van der Waals surface area contributed by atoms with Crippen LogP contribution >= 0.6 is 0 Å². The Morgan fingerprint density at radius 1 is 1.14 bits per heavy atom. The number of carboxylic acid groups (broad SMARTS) is 2. The summed E-state index contributed by atoms with van der Waals surface area (Å²) < 4.78 is 0. The van der Waals surface area contributed by atoms with Crippen molar-refractivity contribution < 1.29 is 24.9 Å². The van der Waals surface area contributed by atoms with E-state index in [1.54, 1.807) is 12.1 Å². The molecule has 1 rings (SSSR count). The SMILES string of the molecule is CCCCCCC(N)C(=O)O.O=C(O)c1ccccc1O.[NaH]. The van der Waals surface area contributed by atoms with E-state index in [4.69, 9.17) is 21.1 Å². The summed E-state index contributed by atoms with van der Waals surface area (Å²) in [7, 11) is 0. The van der Waals surface area contributed by atoms with Crippen molar-refractivity contribution in [3.05, 3.63) is 29.8 Å². The van der Waals surface area contributed by atoms with Crippen LogP contribution in [0.5, 0.6) is 5.75 Å². The zero-order valence-electron chi connectivity index (χ0n) is 12.2. The first-order valence-corrected chi connectivity index (χ1v) is 6.89. The van der Waals surface area contributed by atoms with E-state index in [1.165, 1.54) is 25.0 Å². The van der Waals surface area contributed by atoms with Crippen molar-refractivity contribution in [1.29, 1.82) is 0 Å². The molecule has 1 aromatic carbocycles. The summed E-state index contributed by atoms with van der Waals surface area (Å²) in [5.74, 6) is -2.20. The third-order valence-corrected chi connectivity index (χ3v) is 2.82. The van der Waals surface area contributed by atoms with E-state index in [-0.39, 0.29) is 40.9 Å². The molecule has 120 valence electrons. The molecule has 0 bridgehead atoms. The average Bonchev–Trinajstić information content (AvgIpc) is 2.44. The van der Waals surface area contributed by atoms with Gasteiger partial charge >= 0.3 is 41.5 Å². The van der Waals surface area contributed by atoms with Gasteiger partial charge in [0.15, 0.2) is 0 Å². The number of nitrogens with two attached hydrogens (primary N) is 1. The molecule has 0 heterocycles. The van der Waals surface area contributed by atoms with Crippen LogP contribution in [0.15, 0.2) is 24.3 Å². The Labute approximate surface area is 152 Å². The van der Waals surface area contributed by atoms with Crippen LogP contribution in [0, 0.1) is 0 Å². The molecular formula is C15H24NNaO5. The van der Waals surface area contributed by atoms with E-state index in [0.29, 0.717) is 6.42 Å². The number of carbonyl (C=O) groups is 2. The van der Waals surface area contributed by atoms with Gasteiger partial charge in [-0.05, 0) is 18.6 Å². The van der Waals surface area contributed by atoms with E-state index >= 15 is 0 Å². The van der Waals surface area contributed by atoms with E-state index in [0.717, 1.165) is 12.8 Å². The van der Waals surface area contributed by atoms with Crippen LogP contribution < -0.4 is 5.73 Å². The number of hydrogen-bond acceptors (Lipinski definition) is 4. The summed E-state index contributed by atoms with van der Waals surface area (Å²) in [6, 6.07) is 5.15. The Kier molecular flexibility index (Phi) is 14.3. The Morgan fingerprint density at radius 3 is 2.14 bits per heavy atom. The van der Waals surface area contributed by atoms with Crippen LogP contribution in [0.2, 0.25) is 0 Å². The fourth-order valence-corrected chi connectivity index (χ4v) is 1.57. The molecule has 0 fully saturated rings. The molecule has 0 aliphatic heterocycles. The first-order chi connectivity index (χ1) is 9.90. The summed E-state index contributed by atoms with van der Waals surface area (Å²) in [4.78, 5) is 20.5. The topological polar surface area (TPSA) is 121 Å². The molecule has 0 radical (unpaired) electrons. The molecule has 0 aromatic heterocycles. The first kappa shape index (κ1) is 23.2. The van der Waals surface area contributed by atoms with Crippen LogP contribution in [0.4, 0.5) is 0 Å². The van der Waals surface area contributed by atoms with E-state index in [2.05, 4.69) is 6.92 Å². The number of para-hydroxylation sites is 1. The predicted octanol–water partition coefficient (Wildman–Crippen LogP) is 1.81. The van der Waals surface area contributed by atoms with Crippen molar-refractivity contribution in [3.63, 3.8) is 0 Å². The number of benzene rings is 1. The second kappa shape index (κ2) is 13.6. The summed E-state index contributed by atoms with van der Waals surface area (Å²) in [6.07, 6.45) is 4.97. The molecule has 0 aliphatic rings. The van der Waals surface area contributed by atoms with Gasteiger partial charge in [-0.1, -0.05) is 44.7 Å². The summed E-state index contributed by atoms with van der Waals surface area (Å²) >= 11 is 0. The summed E-state index contributed by atoms with van der Waals surface area (Å²) in [5, 5.41) is 25.7. The Hall–Kier alpha value is -1.08. The predicted molar refractivity (Wildman–Crippen MR) is 86.6 cm³/mol. The van der Waals surface area contributed by atoms with Crippen LogP contribution in [-0.2, 0) is 4.79 Å². The van der Waals surface area contributed by atoms with Crippen molar-refractivity contribution in [3.8, 4) is 5.75 Å². The third kappa shape index (κ3) is 10.6. The normalized spacial score (nSPS) is 10.6. The number of aromatic hydroxyl groups is 1. The van der Waals surface area contributed by atoms with Crippen molar-refractivity contribution in [2.45, 2.75) is 45.1 Å². The monoisotopic (exact) mass is 321 g/mol. The molecule has 1 aromatic rings. The van der Waals surface area contributed by atoms with Gasteiger partial charge in [0.25, 0.3) is 0 Å². The molecule has 1 atom stereocenters. The van der Waals surface area contributed by atoms with Crippen LogP contribution in [0.25, 0.3) is 0 Å². The molecule has 5 N–H and O–H groups in total. The fourth-order valence-electron chi connectivity index (χ4n) is 1.57. The molecule has 0 amide bonds. The van der Waals surface area contributed by atoms with E-state index in [1.807, 2.05) is 0 Å². The van der Waals surface area contributed by atoms with E-state index < -0.39 is 18.0 Å². The minimum absolute atomic E-state index is 0. The summed E-state index contributed by atoms with van der Waals surface area (Å²) in [6.45, 7) is 2.12. The molecule has 7 heteroatoms. The van der Waals surface area contributed by atoms with Gasteiger partial charge in [-0.3, -0.25) is 4.79 Å². The van der Waals surface area contributed by atoms with Crippen molar-refractivity contribution in [2.24, 2.45) is 5.73 Å². The van der Waals surface area contributed by atoms with Gasteiger partial charge in [-0.2, -0.15) is 0 Å². The number of hydrogen-bond donors (Lipinski definition) is 4. The standard InChI is InChI=1S/C8H17NO2.C7H6O3.Na.H/c1-2-3-4-5-6-7(9)8(10)11;8-6-4-2-1-3-5(6)7(9)10;;/h7H,2-6,9H2,1H3,(H,10,11);1-4,8H,(H,9,10);;. The van der Waals surface area contributed by atoms with Crippen LogP contribution in [0.3, 0.4) is 0 Å². The number of aliphatic carboxylic acids is 1. The second-order valence-electron chi connectivity index (χ2n) is 4.62. The van der Waals surface area contributed by atoms with Crippen molar-refractivity contribution >= 4 is 41.5 Å². The molecule has 0 saturated carbocycles. The molecule has 0 saturated heterocycles. The van der Waals surface area contributed by atoms with Gasteiger partial charge in [0.1, 0.15) is 17.4 Å². The van der Waals surface area contributed by atoms with Gasteiger partial charge in [-0.15, -0.1) is 0 Å². The quantitative estimate of drug-likeness (QED) is 0.449. The Morgan fingerprint density at radius 2 is 1.73 bits per heavy atom. The van der Waals surface area contributed by atoms with Crippen molar-refractivity contribution in [1.82, 2.24) is 0 Å². The zero-order valence-corrected chi connectivity index (χ0v) is 12.2. The Balaban J connectivity index is 0. The molecule has 6 nitrogen and oxygen atoms in total. The van der Waals surface area contributed by atoms with Gasteiger partial charge in [0.05, 0.1) is 0 Å². The fraction of sp³-hybridized carbons (Fsp3) is 0.467. The van der Waals surface area contributed by atoms with Gasteiger partial charge < -0.3 is 21.1 Å². The number of rotatable bonds is 7. The maximum atomic E-state index is 10.3. The molecule has 22 heavy (non-hydrogen) atoms. The minimum atomic E-state index is -1.11. The number of aromatic carboxylic acids is 1. The third-order valence-electron chi connectivity index (χ3n) is 2.82. The summed E-state index contributed by atoms with van der Waals surface area (Å²) in [5.41, 5.74) is 5.23. The Bertz CT molecular complexity index is 453. The second-order valence-corrected chi connectivity index (χ2v) is 4.62. The molecule has 1 unspecified atom stereocenters. The molecule has 0 aliphatic carbocycles. The average molecular weight is 321 g/mol. The molecule has 0 spiro atoms. The number of carboxylic acids is 2. The first-order valence-electron chi connectivity index (χ1n) is 6.89. The molecular weight excluding hydrogens is 297 g/mol. The zero-order chi connectivity index (χ0) is 16.3. The van der Waals surface area contributed by atoms with Crippen LogP contribution in [-0.4, -0.2) is 62.9 Å². The van der Waals surface area contributed by atoms with Gasteiger partial charge in [0, 0.05) is 0 Å². The maximum absolute atomic E-state index is 10.3. The van der Waals surface area contributed by atoms with E-state index in [9.17, 15) is 9.59 Å². The van der Waals surface area contributed by atoms with Crippen LogP contribution in [0.1, 0.15) is 49.4 Å². The number of unbranched alkanes of at least 4 members (excludes halogenated alkanes) is 3. The van der Waals surface area contributed by atoms with Gasteiger partial charge in [-0.25, -0.2) is 4.79 Å². The van der Waals surface area contributed by atoms with Gasteiger partial charge in [0.2, 0.25) is 0 Å².